The zero-order chi connectivity index (χ0) is 17.3. The van der Waals surface area contributed by atoms with Crippen molar-refractivity contribution in [3.63, 3.8) is 0 Å². The normalized spacial score (nSPS) is 11.9. The van der Waals surface area contributed by atoms with Gasteiger partial charge in [-0.15, -0.1) is 11.3 Å². The van der Waals surface area contributed by atoms with Gasteiger partial charge in [0.15, 0.2) is 0 Å². The van der Waals surface area contributed by atoms with Crippen molar-refractivity contribution in [1.29, 1.82) is 0 Å². The molecule has 0 aliphatic rings. The standard InChI is InChI=1S/C17H18N2O3S2/c1-3-14-5-7-16(23-14)24(21,22)18-10-13-9-12-8-11(2)4-6-15(12)19-17(13)20/h4-9,18H,3,10H2,1-2H3,(H,19,20). The summed E-state index contributed by atoms with van der Waals surface area (Å²) < 4.78 is 27.5. The van der Waals surface area contributed by atoms with Crippen molar-refractivity contribution in [1.82, 2.24) is 9.71 Å². The number of hydrogen-bond donors (Lipinski definition) is 2. The fraction of sp³-hybridized carbons (Fsp3) is 0.235. The average Bonchev–Trinajstić information content (AvgIpc) is 3.03. The molecule has 2 N–H and O–H groups in total. The molecule has 0 atom stereocenters. The van der Waals surface area contributed by atoms with Crippen molar-refractivity contribution in [3.8, 4) is 0 Å². The summed E-state index contributed by atoms with van der Waals surface area (Å²) in [7, 11) is -3.61. The first-order chi connectivity index (χ1) is 11.4. The number of nitrogens with one attached hydrogen (secondary N) is 2. The number of pyridine rings is 1. The SMILES string of the molecule is CCc1ccc(S(=O)(=O)NCc2cc3cc(C)ccc3[nH]c2=O)s1. The molecule has 5 nitrogen and oxygen atoms in total. The van der Waals surface area contributed by atoms with E-state index in [0.717, 1.165) is 27.8 Å². The van der Waals surface area contributed by atoms with Gasteiger partial charge in [-0.1, -0.05) is 18.6 Å². The van der Waals surface area contributed by atoms with E-state index in [1.54, 1.807) is 12.1 Å². The van der Waals surface area contributed by atoms with E-state index in [9.17, 15) is 13.2 Å². The van der Waals surface area contributed by atoms with E-state index in [-0.39, 0.29) is 16.3 Å². The Kier molecular flexibility index (Phi) is 4.58. The topological polar surface area (TPSA) is 79.0 Å². The minimum atomic E-state index is -3.61. The van der Waals surface area contributed by atoms with Crippen LogP contribution in [0.1, 0.15) is 22.9 Å². The highest BCUT2D eigenvalue weighted by molar-refractivity contribution is 7.91. The third-order valence-electron chi connectivity index (χ3n) is 3.78. The Balaban J connectivity index is 1.87. The molecular weight excluding hydrogens is 344 g/mol. The molecule has 7 heteroatoms. The maximum absolute atomic E-state index is 12.4. The first-order valence-corrected chi connectivity index (χ1v) is 9.90. The van der Waals surface area contributed by atoms with Crippen LogP contribution in [0.3, 0.4) is 0 Å². The molecule has 126 valence electrons. The van der Waals surface area contributed by atoms with Gasteiger partial charge in [0, 0.05) is 22.5 Å². The van der Waals surface area contributed by atoms with Crippen LogP contribution in [0.25, 0.3) is 10.9 Å². The van der Waals surface area contributed by atoms with Gasteiger partial charge in [-0.05, 0) is 49.1 Å². The van der Waals surface area contributed by atoms with Crippen LogP contribution in [0, 0.1) is 6.92 Å². The highest BCUT2D eigenvalue weighted by atomic mass is 32.2. The molecule has 0 amide bonds. The van der Waals surface area contributed by atoms with Crippen molar-refractivity contribution < 1.29 is 8.42 Å². The van der Waals surface area contributed by atoms with Gasteiger partial charge in [0.1, 0.15) is 4.21 Å². The third kappa shape index (κ3) is 3.43. The number of hydrogen-bond acceptors (Lipinski definition) is 4. The molecule has 1 aromatic carbocycles. The second-order valence-electron chi connectivity index (χ2n) is 5.61. The van der Waals surface area contributed by atoms with E-state index >= 15 is 0 Å². The Labute approximate surface area is 144 Å². The number of sulfonamides is 1. The summed E-state index contributed by atoms with van der Waals surface area (Å²) in [6.45, 7) is 3.90. The lowest BCUT2D eigenvalue weighted by molar-refractivity contribution is 0.583. The smallest absolute Gasteiger partial charge is 0.252 e. The van der Waals surface area contributed by atoms with Crippen molar-refractivity contribution in [2.24, 2.45) is 0 Å². The van der Waals surface area contributed by atoms with Gasteiger partial charge in [-0.25, -0.2) is 13.1 Å². The minimum Gasteiger partial charge on any atom is -0.322 e. The van der Waals surface area contributed by atoms with Crippen molar-refractivity contribution in [2.45, 2.75) is 31.0 Å². The number of benzene rings is 1. The molecule has 2 aromatic heterocycles. The van der Waals surface area contributed by atoms with Crippen molar-refractivity contribution >= 4 is 32.3 Å². The first-order valence-electron chi connectivity index (χ1n) is 7.60. The summed E-state index contributed by atoms with van der Waals surface area (Å²) >= 11 is 1.25. The van der Waals surface area contributed by atoms with Crippen molar-refractivity contribution in [2.75, 3.05) is 0 Å². The molecule has 0 unspecified atom stereocenters. The molecule has 0 aliphatic heterocycles. The maximum Gasteiger partial charge on any atom is 0.252 e. The van der Waals surface area contributed by atoms with Crippen LogP contribution >= 0.6 is 11.3 Å². The number of aromatic amines is 1. The van der Waals surface area contributed by atoms with Gasteiger partial charge in [0.2, 0.25) is 10.0 Å². The number of aromatic nitrogens is 1. The van der Waals surface area contributed by atoms with E-state index in [2.05, 4.69) is 9.71 Å². The second kappa shape index (κ2) is 6.51. The lowest BCUT2D eigenvalue weighted by Crippen LogP contribution is -2.26. The molecule has 0 saturated heterocycles. The maximum atomic E-state index is 12.4. The fourth-order valence-corrected chi connectivity index (χ4v) is 4.79. The summed E-state index contributed by atoms with van der Waals surface area (Å²) in [4.78, 5) is 15.9. The molecule has 2 heterocycles. The van der Waals surface area contributed by atoms with E-state index in [4.69, 9.17) is 0 Å². The number of aryl methyl sites for hydroxylation is 2. The summed E-state index contributed by atoms with van der Waals surface area (Å²) in [6.07, 6.45) is 0.796. The lowest BCUT2D eigenvalue weighted by Gasteiger charge is -2.06. The van der Waals surface area contributed by atoms with Gasteiger partial charge in [-0.3, -0.25) is 4.79 Å². The van der Waals surface area contributed by atoms with E-state index < -0.39 is 10.0 Å². The molecule has 0 fully saturated rings. The first kappa shape index (κ1) is 16.9. The minimum absolute atomic E-state index is 0.0408. The highest BCUT2D eigenvalue weighted by Gasteiger charge is 2.17. The zero-order valence-electron chi connectivity index (χ0n) is 13.4. The van der Waals surface area contributed by atoms with Crippen LogP contribution in [0.5, 0.6) is 0 Å². The molecule has 3 rings (SSSR count). The van der Waals surface area contributed by atoms with Gasteiger partial charge >= 0.3 is 0 Å². The highest BCUT2D eigenvalue weighted by Crippen LogP contribution is 2.22. The lowest BCUT2D eigenvalue weighted by atomic mass is 10.1. The van der Waals surface area contributed by atoms with Crippen molar-refractivity contribution in [3.05, 3.63) is 62.8 Å². The Morgan fingerprint density at radius 2 is 1.96 bits per heavy atom. The average molecular weight is 362 g/mol. The predicted molar refractivity (Wildman–Crippen MR) is 97.0 cm³/mol. The predicted octanol–water partition coefficient (Wildman–Crippen LogP) is 2.94. The monoisotopic (exact) mass is 362 g/mol. The van der Waals surface area contributed by atoms with Gasteiger partial charge in [0.25, 0.3) is 5.56 Å². The largest absolute Gasteiger partial charge is 0.322 e. The molecule has 0 bridgehead atoms. The Morgan fingerprint density at radius 1 is 1.17 bits per heavy atom. The van der Waals surface area contributed by atoms with Crippen LogP contribution in [0.4, 0.5) is 0 Å². The van der Waals surface area contributed by atoms with Crippen LogP contribution < -0.4 is 10.3 Å². The quantitative estimate of drug-likeness (QED) is 0.732. The van der Waals surface area contributed by atoms with Crippen LogP contribution in [0.15, 0.2) is 45.4 Å². The zero-order valence-corrected chi connectivity index (χ0v) is 15.1. The third-order valence-corrected chi connectivity index (χ3v) is 6.90. The molecule has 0 aliphatic carbocycles. The molecule has 0 saturated carbocycles. The summed E-state index contributed by atoms with van der Waals surface area (Å²) in [6, 6.07) is 10.9. The Hall–Kier alpha value is -1.96. The van der Waals surface area contributed by atoms with Crippen LogP contribution in [-0.2, 0) is 23.0 Å². The van der Waals surface area contributed by atoms with E-state index in [1.807, 2.05) is 38.1 Å². The molecule has 0 radical (unpaired) electrons. The van der Waals surface area contributed by atoms with Gasteiger partial charge in [-0.2, -0.15) is 0 Å². The van der Waals surface area contributed by atoms with Gasteiger partial charge < -0.3 is 4.98 Å². The van der Waals surface area contributed by atoms with E-state index in [0.29, 0.717) is 5.56 Å². The number of rotatable bonds is 5. The molecule has 3 aromatic rings. The molecule has 0 spiro atoms. The number of thiophene rings is 1. The summed E-state index contributed by atoms with van der Waals surface area (Å²) in [5, 5.41) is 0.883. The van der Waals surface area contributed by atoms with Gasteiger partial charge in [0.05, 0.1) is 0 Å². The number of fused-ring (bicyclic) bond motifs is 1. The Morgan fingerprint density at radius 3 is 2.67 bits per heavy atom. The second-order valence-corrected chi connectivity index (χ2v) is 8.78. The molecule has 24 heavy (non-hydrogen) atoms. The molecular formula is C17H18N2O3S2. The Bertz CT molecular complexity index is 1050. The summed E-state index contributed by atoms with van der Waals surface area (Å²) in [5.41, 5.74) is 1.92. The summed E-state index contributed by atoms with van der Waals surface area (Å²) in [5.74, 6) is 0. The number of H-pyrrole nitrogens is 1. The van der Waals surface area contributed by atoms with Crippen LogP contribution in [0.2, 0.25) is 0 Å². The fourth-order valence-electron chi connectivity index (χ4n) is 2.44. The van der Waals surface area contributed by atoms with E-state index in [1.165, 1.54) is 11.3 Å². The van der Waals surface area contributed by atoms with Crippen LogP contribution in [-0.4, -0.2) is 13.4 Å².